The smallest absolute Gasteiger partial charge is 0.132 e. The highest BCUT2D eigenvalue weighted by Crippen LogP contribution is 2.17. The third kappa shape index (κ3) is 1.61. The Balaban J connectivity index is 3.09. The fourth-order valence-electron chi connectivity index (χ4n) is 0.712. The van der Waals surface area contributed by atoms with Crippen LogP contribution in [0.3, 0.4) is 0 Å². The topological polar surface area (TPSA) is 12.9 Å². The average Bonchev–Trinajstić information content (AvgIpc) is 1.94. The minimum absolute atomic E-state index is 0.548. The molecule has 0 unspecified atom stereocenters. The third-order valence-electron chi connectivity index (χ3n) is 1.26. The van der Waals surface area contributed by atoms with Gasteiger partial charge in [-0.05, 0) is 18.1 Å². The maximum Gasteiger partial charge on any atom is 0.132 e. The Bertz CT molecular complexity index is 235. The summed E-state index contributed by atoms with van der Waals surface area (Å²) in [6.45, 7) is 2.01. The molecule has 0 amide bonds. The lowest BCUT2D eigenvalue weighted by Gasteiger charge is -1.98. The summed E-state index contributed by atoms with van der Waals surface area (Å²) in [7, 11) is 0. The van der Waals surface area contributed by atoms with Gasteiger partial charge in [-0.1, -0.05) is 30.1 Å². The van der Waals surface area contributed by atoms with Gasteiger partial charge in [-0.15, -0.1) is 0 Å². The van der Waals surface area contributed by atoms with Crippen LogP contribution in [0.5, 0.6) is 0 Å². The van der Waals surface area contributed by atoms with Crippen LogP contribution < -0.4 is 0 Å². The molecule has 0 aliphatic rings. The zero-order chi connectivity index (χ0) is 7.56. The highest BCUT2D eigenvalue weighted by atomic mass is 35.5. The molecule has 1 heterocycles. The van der Waals surface area contributed by atoms with Crippen molar-refractivity contribution < 1.29 is 0 Å². The van der Waals surface area contributed by atoms with Crippen molar-refractivity contribution in [3.8, 4) is 0 Å². The third-order valence-corrected chi connectivity index (χ3v) is 1.81. The Hall–Kier alpha value is -0.270. The van der Waals surface area contributed by atoms with Gasteiger partial charge in [0.25, 0.3) is 0 Å². The van der Waals surface area contributed by atoms with Crippen molar-refractivity contribution in [2.45, 2.75) is 13.3 Å². The Morgan fingerprint density at radius 2 is 2.20 bits per heavy atom. The van der Waals surface area contributed by atoms with Crippen molar-refractivity contribution in [1.82, 2.24) is 4.98 Å². The number of hydrogen-bond acceptors (Lipinski definition) is 1. The van der Waals surface area contributed by atoms with Crippen LogP contribution in [0.15, 0.2) is 12.3 Å². The quantitative estimate of drug-likeness (QED) is 0.599. The monoisotopic (exact) mass is 175 g/mol. The van der Waals surface area contributed by atoms with Crippen molar-refractivity contribution >= 4 is 23.2 Å². The molecule has 0 aliphatic carbocycles. The second kappa shape index (κ2) is 3.22. The molecule has 0 saturated carbocycles. The van der Waals surface area contributed by atoms with Gasteiger partial charge >= 0.3 is 0 Å². The SMILES string of the molecule is CCc1cc(Cl)cnc1Cl. The minimum atomic E-state index is 0.548. The number of aryl methyl sites for hydroxylation is 1. The van der Waals surface area contributed by atoms with Gasteiger partial charge in [0.05, 0.1) is 5.02 Å². The van der Waals surface area contributed by atoms with Crippen molar-refractivity contribution in [2.24, 2.45) is 0 Å². The predicted molar refractivity (Wildman–Crippen MR) is 43.6 cm³/mol. The number of aromatic nitrogens is 1. The number of hydrogen-bond donors (Lipinski definition) is 0. The number of nitrogens with zero attached hydrogens (tertiary/aromatic N) is 1. The number of pyridine rings is 1. The van der Waals surface area contributed by atoms with Gasteiger partial charge in [0.2, 0.25) is 0 Å². The maximum atomic E-state index is 5.73. The Morgan fingerprint density at radius 1 is 1.50 bits per heavy atom. The second-order valence-electron chi connectivity index (χ2n) is 1.96. The van der Waals surface area contributed by atoms with Gasteiger partial charge in [-0.3, -0.25) is 0 Å². The normalized spacial score (nSPS) is 9.90. The van der Waals surface area contributed by atoms with Crippen LogP contribution >= 0.6 is 23.2 Å². The van der Waals surface area contributed by atoms with Crippen LogP contribution in [0.1, 0.15) is 12.5 Å². The zero-order valence-electron chi connectivity index (χ0n) is 5.56. The van der Waals surface area contributed by atoms with Crippen LogP contribution in [0.2, 0.25) is 10.2 Å². The first-order chi connectivity index (χ1) is 4.74. The Kier molecular flexibility index (Phi) is 2.52. The highest BCUT2D eigenvalue weighted by Gasteiger charge is 1.98. The molecule has 0 saturated heterocycles. The molecule has 1 aromatic heterocycles. The molecule has 10 heavy (non-hydrogen) atoms. The highest BCUT2D eigenvalue weighted by molar-refractivity contribution is 6.32. The van der Waals surface area contributed by atoms with Gasteiger partial charge < -0.3 is 0 Å². The zero-order valence-corrected chi connectivity index (χ0v) is 7.08. The predicted octanol–water partition coefficient (Wildman–Crippen LogP) is 2.95. The van der Waals surface area contributed by atoms with Gasteiger partial charge in [0, 0.05) is 6.20 Å². The van der Waals surface area contributed by atoms with Crippen LogP contribution in [0, 0.1) is 0 Å². The molecule has 0 aliphatic heterocycles. The standard InChI is InChI=1S/C7H7Cl2N/c1-2-5-3-6(8)4-10-7(5)9/h3-4H,2H2,1H3. The fraction of sp³-hybridized carbons (Fsp3) is 0.286. The fourth-order valence-corrected chi connectivity index (χ4v) is 1.13. The van der Waals surface area contributed by atoms with E-state index < -0.39 is 0 Å². The number of halogens is 2. The molecule has 3 heteroatoms. The maximum absolute atomic E-state index is 5.73. The Labute approximate surface area is 70.0 Å². The molecule has 0 radical (unpaired) electrons. The van der Waals surface area contributed by atoms with Crippen molar-refractivity contribution in [3.63, 3.8) is 0 Å². The Morgan fingerprint density at radius 3 is 2.70 bits per heavy atom. The van der Waals surface area contributed by atoms with E-state index in [4.69, 9.17) is 23.2 Å². The summed E-state index contributed by atoms with van der Waals surface area (Å²) < 4.78 is 0. The van der Waals surface area contributed by atoms with Gasteiger partial charge in [0.15, 0.2) is 0 Å². The van der Waals surface area contributed by atoms with Gasteiger partial charge in [-0.2, -0.15) is 0 Å². The first kappa shape index (κ1) is 7.83. The molecular weight excluding hydrogens is 169 g/mol. The summed E-state index contributed by atoms with van der Waals surface area (Å²) in [6, 6.07) is 1.83. The molecule has 54 valence electrons. The second-order valence-corrected chi connectivity index (χ2v) is 2.75. The molecule has 0 aromatic carbocycles. The van der Waals surface area contributed by atoms with E-state index in [1.54, 1.807) is 6.20 Å². The van der Waals surface area contributed by atoms with Crippen molar-refractivity contribution in [1.29, 1.82) is 0 Å². The van der Waals surface area contributed by atoms with E-state index in [0.29, 0.717) is 10.2 Å². The van der Waals surface area contributed by atoms with Gasteiger partial charge in [-0.25, -0.2) is 4.98 Å². The molecule has 0 spiro atoms. The molecular formula is C7H7Cl2N. The molecule has 1 rings (SSSR count). The minimum Gasteiger partial charge on any atom is -0.243 e. The summed E-state index contributed by atoms with van der Waals surface area (Å²) in [5, 5.41) is 1.19. The molecule has 0 atom stereocenters. The van der Waals surface area contributed by atoms with E-state index in [9.17, 15) is 0 Å². The van der Waals surface area contributed by atoms with Gasteiger partial charge in [0.1, 0.15) is 5.15 Å². The van der Waals surface area contributed by atoms with Crippen molar-refractivity contribution in [3.05, 3.63) is 28.0 Å². The van der Waals surface area contributed by atoms with Crippen LogP contribution in [0.4, 0.5) is 0 Å². The van der Waals surface area contributed by atoms with Crippen LogP contribution in [-0.4, -0.2) is 4.98 Å². The lowest BCUT2D eigenvalue weighted by atomic mass is 10.2. The van der Waals surface area contributed by atoms with Crippen molar-refractivity contribution in [2.75, 3.05) is 0 Å². The van der Waals surface area contributed by atoms with Crippen LogP contribution in [0.25, 0.3) is 0 Å². The summed E-state index contributed by atoms with van der Waals surface area (Å²) in [5.41, 5.74) is 0.995. The first-order valence-corrected chi connectivity index (χ1v) is 3.79. The van der Waals surface area contributed by atoms with E-state index >= 15 is 0 Å². The lowest BCUT2D eigenvalue weighted by Crippen LogP contribution is -1.84. The van der Waals surface area contributed by atoms with E-state index in [-0.39, 0.29) is 0 Å². The van der Waals surface area contributed by atoms with Crippen LogP contribution in [-0.2, 0) is 6.42 Å². The number of rotatable bonds is 1. The molecule has 0 N–H and O–H groups in total. The summed E-state index contributed by atoms with van der Waals surface area (Å²) >= 11 is 11.4. The molecule has 0 fully saturated rings. The van der Waals surface area contributed by atoms with E-state index in [1.807, 2.05) is 13.0 Å². The average molecular weight is 176 g/mol. The van der Waals surface area contributed by atoms with E-state index in [2.05, 4.69) is 4.98 Å². The summed E-state index contributed by atoms with van der Waals surface area (Å²) in [6.07, 6.45) is 2.41. The largest absolute Gasteiger partial charge is 0.243 e. The molecule has 1 nitrogen and oxygen atoms in total. The van der Waals surface area contributed by atoms with E-state index in [0.717, 1.165) is 12.0 Å². The lowest BCUT2D eigenvalue weighted by molar-refractivity contribution is 1.10. The molecule has 0 bridgehead atoms. The summed E-state index contributed by atoms with van der Waals surface area (Å²) in [4.78, 5) is 3.88. The summed E-state index contributed by atoms with van der Waals surface area (Å²) in [5.74, 6) is 0. The van der Waals surface area contributed by atoms with E-state index in [1.165, 1.54) is 0 Å². The first-order valence-electron chi connectivity index (χ1n) is 3.04. The molecule has 1 aromatic rings.